The lowest BCUT2D eigenvalue weighted by Gasteiger charge is -2.33. The van der Waals surface area contributed by atoms with Crippen molar-refractivity contribution < 1.29 is 4.79 Å². The predicted molar refractivity (Wildman–Crippen MR) is 98.2 cm³/mol. The third-order valence-corrected chi connectivity index (χ3v) is 4.47. The minimum absolute atomic E-state index is 0.0336. The molecule has 24 heavy (non-hydrogen) atoms. The van der Waals surface area contributed by atoms with Gasteiger partial charge in [0.15, 0.2) is 5.69 Å². The summed E-state index contributed by atoms with van der Waals surface area (Å²) in [5.41, 5.74) is 2.84. The van der Waals surface area contributed by atoms with Crippen molar-refractivity contribution in [1.82, 2.24) is 19.6 Å². The van der Waals surface area contributed by atoms with Crippen LogP contribution in [0.5, 0.6) is 0 Å². The van der Waals surface area contributed by atoms with E-state index in [9.17, 15) is 4.79 Å². The topological polar surface area (TPSA) is 41.4 Å². The molecule has 5 heteroatoms. The van der Waals surface area contributed by atoms with Crippen LogP contribution in [0.2, 0.25) is 0 Å². The van der Waals surface area contributed by atoms with E-state index in [4.69, 9.17) is 0 Å². The number of fused-ring (bicyclic) bond motifs is 1. The standard InChI is InChI=1S/C19H28N4O/c1-6-11-22(12-7-2)15-9-10-17-16(14-15)18(19(24)21(4)5)20-23(17)13-8-3/h6-8,15H,1-3,9-14H2,4-5H3/t15-/m1/s1. The first-order chi connectivity index (χ1) is 11.5. The van der Waals surface area contributed by atoms with Crippen molar-refractivity contribution >= 4 is 5.91 Å². The van der Waals surface area contributed by atoms with Gasteiger partial charge in [-0.15, -0.1) is 19.7 Å². The smallest absolute Gasteiger partial charge is 0.274 e. The molecule has 0 aromatic carbocycles. The van der Waals surface area contributed by atoms with Crippen molar-refractivity contribution in [2.75, 3.05) is 27.2 Å². The zero-order valence-corrected chi connectivity index (χ0v) is 14.9. The van der Waals surface area contributed by atoms with Crippen LogP contribution in [0.4, 0.5) is 0 Å². The van der Waals surface area contributed by atoms with E-state index in [2.05, 4.69) is 29.7 Å². The Hall–Kier alpha value is -2.14. The maximum atomic E-state index is 12.5. The summed E-state index contributed by atoms with van der Waals surface area (Å²) in [4.78, 5) is 16.5. The molecule has 0 fully saturated rings. The Morgan fingerprint density at radius 1 is 1.25 bits per heavy atom. The van der Waals surface area contributed by atoms with E-state index < -0.39 is 0 Å². The van der Waals surface area contributed by atoms with E-state index in [1.165, 1.54) is 5.69 Å². The van der Waals surface area contributed by atoms with Gasteiger partial charge in [0.2, 0.25) is 0 Å². The molecule has 1 aliphatic carbocycles. The van der Waals surface area contributed by atoms with Crippen LogP contribution in [-0.4, -0.2) is 58.7 Å². The van der Waals surface area contributed by atoms with Gasteiger partial charge < -0.3 is 4.90 Å². The predicted octanol–water partition coefficient (Wildman–Crippen LogP) is 2.30. The van der Waals surface area contributed by atoms with Crippen molar-refractivity contribution in [2.24, 2.45) is 0 Å². The number of hydrogen-bond donors (Lipinski definition) is 0. The lowest BCUT2D eigenvalue weighted by Crippen LogP contribution is -2.40. The first-order valence-corrected chi connectivity index (χ1v) is 8.40. The number of carbonyl (C=O) groups is 1. The van der Waals surface area contributed by atoms with Crippen molar-refractivity contribution in [3.8, 4) is 0 Å². The Kier molecular flexibility index (Phi) is 6.15. The number of hydrogen-bond acceptors (Lipinski definition) is 3. The zero-order valence-electron chi connectivity index (χ0n) is 14.9. The van der Waals surface area contributed by atoms with Crippen molar-refractivity contribution in [2.45, 2.75) is 31.8 Å². The molecule has 0 aliphatic heterocycles. The normalized spacial score (nSPS) is 16.5. The summed E-state index contributed by atoms with van der Waals surface area (Å²) in [6, 6.07) is 0.378. The van der Waals surface area contributed by atoms with Gasteiger partial charge >= 0.3 is 0 Å². The van der Waals surface area contributed by atoms with Crippen LogP contribution in [0.3, 0.4) is 0 Å². The summed E-state index contributed by atoms with van der Waals surface area (Å²) >= 11 is 0. The fourth-order valence-electron chi connectivity index (χ4n) is 3.34. The molecule has 1 atom stereocenters. The lowest BCUT2D eigenvalue weighted by molar-refractivity contribution is 0.0819. The quantitative estimate of drug-likeness (QED) is 0.688. The molecule has 1 aliphatic rings. The van der Waals surface area contributed by atoms with Gasteiger partial charge in [0, 0.05) is 44.5 Å². The Morgan fingerprint density at radius 3 is 2.46 bits per heavy atom. The van der Waals surface area contributed by atoms with Crippen LogP contribution < -0.4 is 0 Å². The van der Waals surface area contributed by atoms with Gasteiger partial charge in [-0.25, -0.2) is 0 Å². The Labute approximate surface area is 144 Å². The number of amides is 1. The van der Waals surface area contributed by atoms with Crippen LogP contribution in [0.1, 0.15) is 28.2 Å². The Morgan fingerprint density at radius 2 is 1.92 bits per heavy atom. The molecule has 1 aromatic rings. The molecule has 0 unspecified atom stereocenters. The monoisotopic (exact) mass is 328 g/mol. The maximum Gasteiger partial charge on any atom is 0.274 e. The largest absolute Gasteiger partial charge is 0.343 e. The van der Waals surface area contributed by atoms with E-state index in [1.807, 2.05) is 22.9 Å². The van der Waals surface area contributed by atoms with Gasteiger partial charge in [0.1, 0.15) is 0 Å². The third-order valence-electron chi connectivity index (χ3n) is 4.47. The minimum atomic E-state index is -0.0336. The summed E-state index contributed by atoms with van der Waals surface area (Å²) in [5.74, 6) is -0.0336. The highest BCUT2D eigenvalue weighted by molar-refractivity contribution is 5.93. The summed E-state index contributed by atoms with van der Waals surface area (Å²) in [6.07, 6.45) is 8.48. The molecule has 1 aromatic heterocycles. The van der Waals surface area contributed by atoms with E-state index in [0.717, 1.165) is 37.9 Å². The van der Waals surface area contributed by atoms with Gasteiger partial charge in [-0.05, 0) is 19.3 Å². The molecule has 0 radical (unpaired) electrons. The number of rotatable bonds is 8. The fourth-order valence-corrected chi connectivity index (χ4v) is 3.34. The highest BCUT2D eigenvalue weighted by Gasteiger charge is 2.31. The summed E-state index contributed by atoms with van der Waals surface area (Å²) in [6.45, 7) is 13.8. The van der Waals surface area contributed by atoms with Crippen LogP contribution in [0.15, 0.2) is 38.0 Å². The zero-order chi connectivity index (χ0) is 17.7. The number of nitrogens with zero attached hydrogens (tertiary/aromatic N) is 4. The Balaban J connectivity index is 2.36. The van der Waals surface area contributed by atoms with Crippen molar-refractivity contribution in [3.05, 3.63) is 54.9 Å². The molecule has 0 bridgehead atoms. The first kappa shape index (κ1) is 18.2. The molecular weight excluding hydrogens is 300 g/mol. The second-order valence-electron chi connectivity index (χ2n) is 6.37. The molecule has 1 heterocycles. The molecule has 0 saturated carbocycles. The number of carbonyl (C=O) groups excluding carboxylic acids is 1. The average Bonchev–Trinajstić information content (AvgIpc) is 2.92. The minimum Gasteiger partial charge on any atom is -0.343 e. The van der Waals surface area contributed by atoms with E-state index >= 15 is 0 Å². The maximum absolute atomic E-state index is 12.5. The van der Waals surface area contributed by atoms with Gasteiger partial charge in [-0.2, -0.15) is 5.10 Å². The highest BCUT2D eigenvalue weighted by Crippen LogP contribution is 2.28. The first-order valence-electron chi connectivity index (χ1n) is 8.40. The second kappa shape index (κ2) is 8.11. The molecule has 0 N–H and O–H groups in total. The lowest BCUT2D eigenvalue weighted by atomic mass is 9.90. The highest BCUT2D eigenvalue weighted by atomic mass is 16.2. The molecule has 0 spiro atoms. The number of allylic oxidation sites excluding steroid dienone is 1. The van der Waals surface area contributed by atoms with Crippen LogP contribution in [-0.2, 0) is 19.4 Å². The van der Waals surface area contributed by atoms with Gasteiger partial charge in [-0.1, -0.05) is 18.2 Å². The average molecular weight is 328 g/mol. The summed E-state index contributed by atoms with van der Waals surface area (Å²) < 4.78 is 1.93. The van der Waals surface area contributed by atoms with Crippen molar-refractivity contribution in [1.29, 1.82) is 0 Å². The summed E-state index contributed by atoms with van der Waals surface area (Å²) in [7, 11) is 3.53. The van der Waals surface area contributed by atoms with E-state index in [0.29, 0.717) is 18.3 Å². The van der Waals surface area contributed by atoms with Gasteiger partial charge in [-0.3, -0.25) is 14.4 Å². The van der Waals surface area contributed by atoms with Crippen LogP contribution in [0, 0.1) is 0 Å². The third kappa shape index (κ3) is 3.67. The molecule has 2 rings (SSSR count). The molecular formula is C19H28N4O. The number of aromatic nitrogens is 2. The van der Waals surface area contributed by atoms with Gasteiger partial charge in [0.25, 0.3) is 5.91 Å². The second-order valence-corrected chi connectivity index (χ2v) is 6.37. The molecule has 0 saturated heterocycles. The summed E-state index contributed by atoms with van der Waals surface area (Å²) in [5, 5.41) is 4.58. The van der Waals surface area contributed by atoms with Gasteiger partial charge in [0.05, 0.1) is 6.54 Å². The van der Waals surface area contributed by atoms with Crippen molar-refractivity contribution in [3.63, 3.8) is 0 Å². The molecule has 1 amide bonds. The van der Waals surface area contributed by atoms with Crippen LogP contribution in [0.25, 0.3) is 0 Å². The molecule has 5 nitrogen and oxygen atoms in total. The molecule has 130 valence electrons. The fraction of sp³-hybridized carbons (Fsp3) is 0.474. The van der Waals surface area contributed by atoms with E-state index in [1.54, 1.807) is 19.0 Å². The SMILES string of the molecule is C=CCN(CC=C)[C@@H]1CCc2c(c(C(=O)N(C)C)nn2CC=C)C1. The van der Waals surface area contributed by atoms with E-state index in [-0.39, 0.29) is 5.91 Å². The van der Waals surface area contributed by atoms with Crippen LogP contribution >= 0.6 is 0 Å². The Bertz CT molecular complexity index is 620.